The van der Waals surface area contributed by atoms with Crippen LogP contribution in [0.3, 0.4) is 0 Å². The molecule has 1 saturated heterocycles. The minimum atomic E-state index is -0.220. The maximum atomic E-state index is 12.8. The molecule has 1 aromatic carbocycles. The monoisotopic (exact) mass is 314 g/mol. The zero-order valence-corrected chi connectivity index (χ0v) is 13.8. The van der Waals surface area contributed by atoms with Gasteiger partial charge in [0.1, 0.15) is 6.26 Å². The van der Waals surface area contributed by atoms with E-state index in [-0.39, 0.29) is 17.5 Å². The minimum Gasteiger partial charge on any atom is -0.450 e. The second kappa shape index (κ2) is 6.07. The lowest BCUT2D eigenvalue weighted by Crippen LogP contribution is -2.42. The summed E-state index contributed by atoms with van der Waals surface area (Å²) in [5, 5.41) is 0. The van der Waals surface area contributed by atoms with Crippen molar-refractivity contribution in [3.63, 3.8) is 0 Å². The average Bonchev–Trinajstić information content (AvgIpc) is 3.12. The van der Waals surface area contributed by atoms with Gasteiger partial charge in [0.25, 0.3) is 5.91 Å². The quantitative estimate of drug-likeness (QED) is 0.867. The Morgan fingerprint density at radius 2 is 2.13 bits per heavy atom. The van der Waals surface area contributed by atoms with E-state index in [1.54, 1.807) is 0 Å². The molecule has 2 heterocycles. The Kier molecular flexibility index (Phi) is 4.11. The number of amides is 1. The zero-order valence-electron chi connectivity index (χ0n) is 13.8. The standard InChI is InChI=1S/C18H22N2O3/c1-4-22-17-19-15(12-23-17)16(21)20-11-14(10-18(20,2)3)13-8-6-5-7-9-13/h5-9,12,14H,4,10-11H2,1-3H3. The van der Waals surface area contributed by atoms with Crippen LogP contribution in [-0.4, -0.2) is 34.5 Å². The van der Waals surface area contributed by atoms with E-state index < -0.39 is 0 Å². The van der Waals surface area contributed by atoms with Gasteiger partial charge in [0.15, 0.2) is 5.69 Å². The van der Waals surface area contributed by atoms with E-state index in [0.717, 1.165) is 6.42 Å². The van der Waals surface area contributed by atoms with E-state index in [9.17, 15) is 4.79 Å². The highest BCUT2D eigenvalue weighted by Gasteiger charge is 2.42. The summed E-state index contributed by atoms with van der Waals surface area (Å²) in [6, 6.07) is 10.3. The van der Waals surface area contributed by atoms with Crippen LogP contribution in [-0.2, 0) is 0 Å². The second-order valence-electron chi connectivity index (χ2n) is 6.47. The average molecular weight is 314 g/mol. The van der Waals surface area contributed by atoms with Crippen LogP contribution in [0, 0.1) is 0 Å². The Labute approximate surface area is 136 Å². The number of hydrogen-bond acceptors (Lipinski definition) is 4. The van der Waals surface area contributed by atoms with Crippen LogP contribution >= 0.6 is 0 Å². The fraction of sp³-hybridized carbons (Fsp3) is 0.444. The second-order valence-corrected chi connectivity index (χ2v) is 6.47. The van der Waals surface area contributed by atoms with Crippen molar-refractivity contribution in [3.8, 4) is 6.08 Å². The lowest BCUT2D eigenvalue weighted by molar-refractivity contribution is 0.0644. The van der Waals surface area contributed by atoms with Crippen molar-refractivity contribution in [2.75, 3.05) is 13.2 Å². The van der Waals surface area contributed by atoms with E-state index >= 15 is 0 Å². The lowest BCUT2D eigenvalue weighted by Gasteiger charge is -2.30. The minimum absolute atomic E-state index is 0.108. The molecule has 5 heteroatoms. The van der Waals surface area contributed by atoms with Crippen LogP contribution in [0.25, 0.3) is 0 Å². The molecule has 0 bridgehead atoms. The summed E-state index contributed by atoms with van der Waals surface area (Å²) >= 11 is 0. The van der Waals surface area contributed by atoms with Gasteiger partial charge in [0.2, 0.25) is 0 Å². The van der Waals surface area contributed by atoms with E-state index in [1.807, 2.05) is 30.0 Å². The van der Waals surface area contributed by atoms with Crippen LogP contribution in [0.4, 0.5) is 0 Å². The Morgan fingerprint density at radius 3 is 2.83 bits per heavy atom. The van der Waals surface area contributed by atoms with Gasteiger partial charge in [-0.05, 0) is 32.8 Å². The molecule has 1 fully saturated rings. The molecular weight excluding hydrogens is 292 g/mol. The summed E-state index contributed by atoms with van der Waals surface area (Å²) in [7, 11) is 0. The van der Waals surface area contributed by atoms with Crippen molar-refractivity contribution < 1.29 is 13.9 Å². The summed E-state index contributed by atoms with van der Waals surface area (Å²) in [4.78, 5) is 18.8. The highest BCUT2D eigenvalue weighted by molar-refractivity contribution is 5.93. The van der Waals surface area contributed by atoms with Crippen molar-refractivity contribution in [1.82, 2.24) is 9.88 Å². The van der Waals surface area contributed by atoms with Gasteiger partial charge in [-0.3, -0.25) is 4.79 Å². The predicted octanol–water partition coefficient (Wildman–Crippen LogP) is 3.48. The van der Waals surface area contributed by atoms with Crippen molar-refractivity contribution in [1.29, 1.82) is 0 Å². The molecule has 1 unspecified atom stereocenters. The molecule has 1 aromatic heterocycles. The first-order valence-corrected chi connectivity index (χ1v) is 7.96. The lowest BCUT2D eigenvalue weighted by atomic mass is 9.91. The maximum absolute atomic E-state index is 12.8. The number of nitrogens with zero attached hydrogens (tertiary/aromatic N) is 2. The first-order chi connectivity index (χ1) is 11.0. The van der Waals surface area contributed by atoms with Gasteiger partial charge in [-0.1, -0.05) is 30.3 Å². The van der Waals surface area contributed by atoms with E-state index in [1.165, 1.54) is 11.8 Å². The Morgan fingerprint density at radius 1 is 1.39 bits per heavy atom. The molecule has 1 aliphatic rings. The normalized spacial score (nSPS) is 19.8. The third kappa shape index (κ3) is 3.09. The Hall–Kier alpha value is -2.30. The molecule has 1 aliphatic heterocycles. The molecule has 0 radical (unpaired) electrons. The molecule has 0 N–H and O–H groups in total. The number of oxazole rings is 1. The smallest absolute Gasteiger partial charge is 0.394 e. The summed E-state index contributed by atoms with van der Waals surface area (Å²) in [6.45, 7) is 7.18. The molecule has 0 spiro atoms. The summed E-state index contributed by atoms with van der Waals surface area (Å²) in [5.41, 5.74) is 1.35. The van der Waals surface area contributed by atoms with E-state index in [4.69, 9.17) is 9.15 Å². The predicted molar refractivity (Wildman–Crippen MR) is 86.6 cm³/mol. The van der Waals surface area contributed by atoms with Crippen molar-refractivity contribution >= 4 is 5.91 Å². The molecule has 23 heavy (non-hydrogen) atoms. The van der Waals surface area contributed by atoms with Crippen LogP contribution in [0.5, 0.6) is 6.08 Å². The third-order valence-corrected chi connectivity index (χ3v) is 4.37. The molecule has 122 valence electrons. The first kappa shape index (κ1) is 15.6. The Bertz CT molecular complexity index is 679. The maximum Gasteiger partial charge on any atom is 0.394 e. The number of benzene rings is 1. The third-order valence-electron chi connectivity index (χ3n) is 4.37. The van der Waals surface area contributed by atoms with Gasteiger partial charge >= 0.3 is 6.08 Å². The molecule has 1 amide bonds. The molecule has 5 nitrogen and oxygen atoms in total. The van der Waals surface area contributed by atoms with Crippen molar-refractivity contribution in [3.05, 3.63) is 47.9 Å². The fourth-order valence-electron chi connectivity index (χ4n) is 3.24. The number of likely N-dealkylation sites (tertiary alicyclic amines) is 1. The SMILES string of the molecule is CCOc1nc(C(=O)N2CC(c3ccccc3)CC2(C)C)co1. The van der Waals surface area contributed by atoms with Gasteiger partial charge in [-0.25, -0.2) is 0 Å². The highest BCUT2D eigenvalue weighted by atomic mass is 16.6. The molecule has 2 aromatic rings. The van der Waals surface area contributed by atoms with Crippen molar-refractivity contribution in [2.45, 2.75) is 38.6 Å². The molecule has 1 atom stereocenters. The van der Waals surface area contributed by atoms with Crippen LogP contribution in [0.1, 0.15) is 49.2 Å². The van der Waals surface area contributed by atoms with E-state index in [0.29, 0.717) is 24.8 Å². The Balaban J connectivity index is 1.79. The van der Waals surface area contributed by atoms with Gasteiger partial charge < -0.3 is 14.1 Å². The molecule has 0 saturated carbocycles. The largest absolute Gasteiger partial charge is 0.450 e. The van der Waals surface area contributed by atoms with Gasteiger partial charge in [-0.15, -0.1) is 0 Å². The van der Waals surface area contributed by atoms with Gasteiger partial charge in [0, 0.05) is 18.0 Å². The fourth-order valence-corrected chi connectivity index (χ4v) is 3.24. The summed E-state index contributed by atoms with van der Waals surface area (Å²) < 4.78 is 10.4. The van der Waals surface area contributed by atoms with Gasteiger partial charge in [-0.2, -0.15) is 4.98 Å². The first-order valence-electron chi connectivity index (χ1n) is 7.96. The number of carbonyl (C=O) groups is 1. The summed E-state index contributed by atoms with van der Waals surface area (Å²) in [6.07, 6.45) is 2.45. The number of carbonyl (C=O) groups excluding carboxylic acids is 1. The van der Waals surface area contributed by atoms with Crippen LogP contribution in [0.15, 0.2) is 41.0 Å². The van der Waals surface area contributed by atoms with Crippen molar-refractivity contribution in [2.24, 2.45) is 0 Å². The number of hydrogen-bond donors (Lipinski definition) is 0. The topological polar surface area (TPSA) is 55.6 Å². The van der Waals surface area contributed by atoms with Crippen LogP contribution < -0.4 is 4.74 Å². The van der Waals surface area contributed by atoms with Gasteiger partial charge in [0.05, 0.1) is 6.61 Å². The molecular formula is C18H22N2O3. The number of ether oxygens (including phenoxy) is 1. The number of rotatable bonds is 4. The molecule has 0 aliphatic carbocycles. The van der Waals surface area contributed by atoms with Crippen LogP contribution in [0.2, 0.25) is 0 Å². The molecule has 3 rings (SSSR count). The van der Waals surface area contributed by atoms with E-state index in [2.05, 4.69) is 31.0 Å². The summed E-state index contributed by atoms with van der Waals surface area (Å²) in [5.74, 6) is 0.233. The zero-order chi connectivity index (χ0) is 16.4. The highest BCUT2D eigenvalue weighted by Crippen LogP contribution is 2.39. The number of aromatic nitrogens is 1.